The molecule has 0 N–H and O–H groups in total. The summed E-state index contributed by atoms with van der Waals surface area (Å²) in [6.45, 7) is 4.15. The van der Waals surface area contributed by atoms with Crippen molar-refractivity contribution in [1.29, 1.82) is 0 Å². The van der Waals surface area contributed by atoms with Gasteiger partial charge in [0, 0.05) is 32.0 Å². The highest BCUT2D eigenvalue weighted by Gasteiger charge is 2.28. The second kappa shape index (κ2) is 6.98. The molecule has 2 aromatic rings. The average Bonchev–Trinajstić information content (AvgIpc) is 3.18. The summed E-state index contributed by atoms with van der Waals surface area (Å²) in [6, 6.07) is 1.94. The third-order valence-electron chi connectivity index (χ3n) is 4.34. The summed E-state index contributed by atoms with van der Waals surface area (Å²) in [5.74, 6) is 0.311. The zero-order valence-corrected chi connectivity index (χ0v) is 14.9. The van der Waals surface area contributed by atoms with Crippen molar-refractivity contribution in [3.05, 3.63) is 30.4 Å². The summed E-state index contributed by atoms with van der Waals surface area (Å²) in [5.41, 5.74) is 2.69. The molecule has 130 valence electrons. The molecule has 0 unspecified atom stereocenters. The summed E-state index contributed by atoms with van der Waals surface area (Å²) in [6.07, 6.45) is 9.26. The van der Waals surface area contributed by atoms with Gasteiger partial charge in [-0.1, -0.05) is 6.92 Å². The first-order valence-electron chi connectivity index (χ1n) is 8.25. The molecule has 8 heteroatoms. The van der Waals surface area contributed by atoms with Crippen molar-refractivity contribution in [1.82, 2.24) is 24.1 Å². The first-order chi connectivity index (χ1) is 11.5. The Kier molecular flexibility index (Phi) is 4.96. The fourth-order valence-corrected chi connectivity index (χ4v) is 4.01. The third-order valence-corrected chi connectivity index (χ3v) is 5.60. The van der Waals surface area contributed by atoms with Crippen molar-refractivity contribution >= 4 is 10.0 Å². The smallest absolute Gasteiger partial charge is 0.211 e. The Bertz CT molecular complexity index is 785. The number of aryl methyl sites for hydroxylation is 1. The van der Waals surface area contributed by atoms with E-state index in [2.05, 4.69) is 22.0 Å². The number of sulfonamides is 1. The van der Waals surface area contributed by atoms with E-state index in [1.54, 1.807) is 22.9 Å². The number of nitrogens with zero attached hydrogens (tertiary/aromatic N) is 5. The van der Waals surface area contributed by atoms with Crippen LogP contribution in [-0.4, -0.2) is 51.8 Å². The van der Waals surface area contributed by atoms with E-state index in [1.165, 1.54) is 6.26 Å². The van der Waals surface area contributed by atoms with Gasteiger partial charge in [-0.25, -0.2) is 12.7 Å². The maximum atomic E-state index is 11.6. The summed E-state index contributed by atoms with van der Waals surface area (Å²) >= 11 is 0. The van der Waals surface area contributed by atoms with Crippen LogP contribution in [0.5, 0.6) is 0 Å². The van der Waals surface area contributed by atoms with Crippen molar-refractivity contribution in [2.24, 2.45) is 5.92 Å². The fraction of sp³-hybridized carbons (Fsp3) is 0.562. The Balaban J connectivity index is 1.66. The molecule has 1 saturated heterocycles. The minimum atomic E-state index is -3.09. The van der Waals surface area contributed by atoms with Crippen molar-refractivity contribution in [3.8, 4) is 11.4 Å². The molecule has 0 radical (unpaired) electrons. The van der Waals surface area contributed by atoms with Gasteiger partial charge in [0.05, 0.1) is 23.8 Å². The molecule has 2 aromatic heterocycles. The molecule has 24 heavy (non-hydrogen) atoms. The van der Waals surface area contributed by atoms with Gasteiger partial charge in [-0.05, 0) is 31.2 Å². The second-order valence-corrected chi connectivity index (χ2v) is 8.29. The van der Waals surface area contributed by atoms with E-state index in [4.69, 9.17) is 0 Å². The lowest BCUT2D eigenvalue weighted by molar-refractivity contribution is 0.459. The highest BCUT2D eigenvalue weighted by molar-refractivity contribution is 7.88. The van der Waals surface area contributed by atoms with Crippen LogP contribution in [0.4, 0.5) is 0 Å². The zero-order valence-electron chi connectivity index (χ0n) is 14.1. The predicted octanol–water partition coefficient (Wildman–Crippen LogP) is 1.57. The van der Waals surface area contributed by atoms with Crippen LogP contribution in [0.25, 0.3) is 11.4 Å². The Morgan fingerprint density at radius 2 is 2.12 bits per heavy atom. The largest absolute Gasteiger partial charge is 0.263 e. The first-order valence-corrected chi connectivity index (χ1v) is 10.1. The molecule has 7 nitrogen and oxygen atoms in total. The molecule has 3 heterocycles. The van der Waals surface area contributed by atoms with E-state index in [1.807, 2.05) is 10.7 Å². The molecule has 1 aliphatic heterocycles. The van der Waals surface area contributed by atoms with Crippen LogP contribution in [-0.2, 0) is 23.0 Å². The molecule has 0 aliphatic carbocycles. The molecule has 0 spiro atoms. The van der Waals surface area contributed by atoms with E-state index >= 15 is 0 Å². The summed E-state index contributed by atoms with van der Waals surface area (Å²) < 4.78 is 26.6. The van der Waals surface area contributed by atoms with Crippen LogP contribution in [0, 0.1) is 5.92 Å². The standard InChI is InChI=1S/C16H23N5O2S/c1-3-7-21-16(4-6-19-21)15-11-17-14(10-18-15)9-13-5-8-20(12-13)24(2,22)23/h4,6,10-11,13H,3,5,7-9,12H2,1-2H3/t13-/m1/s1. The molecule has 0 saturated carbocycles. The van der Waals surface area contributed by atoms with Gasteiger partial charge < -0.3 is 0 Å². The summed E-state index contributed by atoms with van der Waals surface area (Å²) in [7, 11) is -3.09. The van der Waals surface area contributed by atoms with Crippen LogP contribution in [0.3, 0.4) is 0 Å². The minimum Gasteiger partial charge on any atom is -0.263 e. The number of hydrogen-bond donors (Lipinski definition) is 0. The van der Waals surface area contributed by atoms with Crippen molar-refractivity contribution in [3.63, 3.8) is 0 Å². The van der Waals surface area contributed by atoms with Gasteiger partial charge in [0.15, 0.2) is 0 Å². The molecule has 0 bridgehead atoms. The van der Waals surface area contributed by atoms with E-state index in [0.29, 0.717) is 19.0 Å². The van der Waals surface area contributed by atoms with Gasteiger partial charge in [-0.15, -0.1) is 0 Å². The Labute approximate surface area is 142 Å². The number of aromatic nitrogens is 4. The van der Waals surface area contributed by atoms with Gasteiger partial charge in [0.1, 0.15) is 5.69 Å². The lowest BCUT2D eigenvalue weighted by Crippen LogP contribution is -2.27. The number of rotatable bonds is 6. The van der Waals surface area contributed by atoms with Crippen LogP contribution in [0.1, 0.15) is 25.5 Å². The molecule has 0 amide bonds. The van der Waals surface area contributed by atoms with Gasteiger partial charge in [0.2, 0.25) is 10.0 Å². The normalized spacial score (nSPS) is 19.0. The zero-order chi connectivity index (χ0) is 17.2. The molecule has 1 aliphatic rings. The van der Waals surface area contributed by atoms with E-state index in [9.17, 15) is 8.42 Å². The Hall–Kier alpha value is -1.80. The third kappa shape index (κ3) is 3.81. The van der Waals surface area contributed by atoms with E-state index in [0.717, 1.165) is 42.9 Å². The summed E-state index contributed by atoms with van der Waals surface area (Å²) in [5, 5.41) is 4.31. The minimum absolute atomic E-state index is 0.311. The second-order valence-electron chi connectivity index (χ2n) is 6.31. The molecule has 3 rings (SSSR count). The topological polar surface area (TPSA) is 81.0 Å². The highest BCUT2D eigenvalue weighted by Crippen LogP contribution is 2.22. The lowest BCUT2D eigenvalue weighted by Gasteiger charge is -2.13. The highest BCUT2D eigenvalue weighted by atomic mass is 32.2. The first kappa shape index (κ1) is 17.0. The SMILES string of the molecule is CCCn1nccc1-c1cnc(C[C@H]2CCN(S(C)(=O)=O)C2)cn1. The number of hydrogen-bond acceptors (Lipinski definition) is 5. The average molecular weight is 349 g/mol. The molecular weight excluding hydrogens is 326 g/mol. The van der Waals surface area contributed by atoms with Gasteiger partial charge in [-0.3, -0.25) is 14.6 Å². The monoisotopic (exact) mass is 349 g/mol. The van der Waals surface area contributed by atoms with Crippen LogP contribution in [0.2, 0.25) is 0 Å². The van der Waals surface area contributed by atoms with Crippen LogP contribution < -0.4 is 0 Å². The van der Waals surface area contributed by atoms with E-state index in [-0.39, 0.29) is 0 Å². The molecule has 0 aromatic carbocycles. The Morgan fingerprint density at radius 1 is 1.29 bits per heavy atom. The fourth-order valence-electron chi connectivity index (χ4n) is 3.09. The Morgan fingerprint density at radius 3 is 2.75 bits per heavy atom. The predicted molar refractivity (Wildman–Crippen MR) is 91.8 cm³/mol. The molecular formula is C16H23N5O2S. The maximum Gasteiger partial charge on any atom is 0.211 e. The maximum absolute atomic E-state index is 11.6. The van der Waals surface area contributed by atoms with Crippen LogP contribution in [0.15, 0.2) is 24.7 Å². The molecule has 1 atom stereocenters. The van der Waals surface area contributed by atoms with Crippen molar-refractivity contribution in [2.45, 2.75) is 32.7 Å². The van der Waals surface area contributed by atoms with Crippen molar-refractivity contribution < 1.29 is 8.42 Å². The van der Waals surface area contributed by atoms with Gasteiger partial charge in [-0.2, -0.15) is 5.10 Å². The van der Waals surface area contributed by atoms with Crippen LogP contribution >= 0.6 is 0 Å². The van der Waals surface area contributed by atoms with Gasteiger partial charge in [0.25, 0.3) is 0 Å². The van der Waals surface area contributed by atoms with Gasteiger partial charge >= 0.3 is 0 Å². The lowest BCUT2D eigenvalue weighted by atomic mass is 10.0. The van der Waals surface area contributed by atoms with Crippen molar-refractivity contribution in [2.75, 3.05) is 19.3 Å². The summed E-state index contributed by atoms with van der Waals surface area (Å²) in [4.78, 5) is 9.03. The van der Waals surface area contributed by atoms with E-state index < -0.39 is 10.0 Å². The molecule has 1 fully saturated rings. The quantitative estimate of drug-likeness (QED) is 0.791.